The summed E-state index contributed by atoms with van der Waals surface area (Å²) in [4.78, 5) is 4.09. The molecular formula is C8H10INO. The number of aromatic nitrogens is 1. The lowest BCUT2D eigenvalue weighted by atomic mass is 10.5. The maximum atomic E-state index is 5.30. The minimum absolute atomic E-state index is 0.715. The molecule has 2 nitrogen and oxygen atoms in total. The molecule has 0 aliphatic rings. The van der Waals surface area contributed by atoms with Crippen LogP contribution >= 0.6 is 22.6 Å². The van der Waals surface area contributed by atoms with Crippen LogP contribution in [-0.2, 0) is 0 Å². The van der Waals surface area contributed by atoms with E-state index in [1.807, 2.05) is 12.1 Å². The number of nitrogens with zero attached hydrogens (tertiary/aromatic N) is 1. The Labute approximate surface area is 80.1 Å². The van der Waals surface area contributed by atoms with Gasteiger partial charge >= 0.3 is 0 Å². The molecule has 0 radical (unpaired) electrons. The molecule has 1 heterocycles. The van der Waals surface area contributed by atoms with Gasteiger partial charge in [0.2, 0.25) is 5.88 Å². The summed E-state index contributed by atoms with van der Waals surface area (Å²) in [6.07, 6.45) is 2.82. The fourth-order valence-corrected chi connectivity index (χ4v) is 0.973. The molecule has 0 spiro atoms. The van der Waals surface area contributed by atoms with Gasteiger partial charge in [0.05, 0.1) is 6.61 Å². The van der Waals surface area contributed by atoms with Crippen LogP contribution in [0.4, 0.5) is 0 Å². The summed E-state index contributed by atoms with van der Waals surface area (Å²) in [5, 5.41) is 0. The van der Waals surface area contributed by atoms with Gasteiger partial charge in [-0.15, -0.1) is 0 Å². The quantitative estimate of drug-likeness (QED) is 0.781. The van der Waals surface area contributed by atoms with Gasteiger partial charge in [-0.05, 0) is 35.1 Å². The first kappa shape index (κ1) is 8.77. The third-order valence-corrected chi connectivity index (χ3v) is 1.79. The monoisotopic (exact) mass is 263 g/mol. The van der Waals surface area contributed by atoms with Crippen molar-refractivity contribution < 1.29 is 4.74 Å². The van der Waals surface area contributed by atoms with E-state index in [0.717, 1.165) is 16.6 Å². The number of rotatable bonds is 3. The van der Waals surface area contributed by atoms with Crippen LogP contribution in [0.15, 0.2) is 18.3 Å². The molecule has 0 aliphatic carbocycles. The van der Waals surface area contributed by atoms with Crippen LogP contribution in [0.2, 0.25) is 0 Å². The third kappa shape index (κ3) is 3.05. The predicted octanol–water partition coefficient (Wildman–Crippen LogP) is 2.48. The molecule has 0 amide bonds. The van der Waals surface area contributed by atoms with Gasteiger partial charge in [0.25, 0.3) is 0 Å². The van der Waals surface area contributed by atoms with Crippen molar-refractivity contribution in [3.05, 3.63) is 21.9 Å². The highest BCUT2D eigenvalue weighted by atomic mass is 127. The predicted molar refractivity (Wildman–Crippen MR) is 52.7 cm³/mol. The fraction of sp³-hybridized carbons (Fsp3) is 0.375. The Morgan fingerprint density at radius 3 is 2.91 bits per heavy atom. The largest absolute Gasteiger partial charge is 0.478 e. The summed E-state index contributed by atoms with van der Waals surface area (Å²) in [5.74, 6) is 0.715. The van der Waals surface area contributed by atoms with Crippen molar-refractivity contribution in [2.24, 2.45) is 0 Å². The van der Waals surface area contributed by atoms with Crippen LogP contribution in [0.3, 0.4) is 0 Å². The first-order valence-corrected chi connectivity index (χ1v) is 4.65. The van der Waals surface area contributed by atoms with Crippen molar-refractivity contribution in [2.45, 2.75) is 13.3 Å². The van der Waals surface area contributed by atoms with Crippen LogP contribution in [0.25, 0.3) is 0 Å². The summed E-state index contributed by atoms with van der Waals surface area (Å²) >= 11 is 2.22. The van der Waals surface area contributed by atoms with Gasteiger partial charge in [-0.1, -0.05) is 6.92 Å². The second-order valence-corrected chi connectivity index (χ2v) is 3.41. The summed E-state index contributed by atoms with van der Waals surface area (Å²) in [7, 11) is 0. The molecule has 0 saturated carbocycles. The van der Waals surface area contributed by atoms with Gasteiger partial charge in [-0.2, -0.15) is 0 Å². The Kier molecular flexibility index (Phi) is 3.62. The van der Waals surface area contributed by atoms with Crippen LogP contribution in [0.5, 0.6) is 5.88 Å². The van der Waals surface area contributed by atoms with E-state index in [-0.39, 0.29) is 0 Å². The Balaban J connectivity index is 2.52. The van der Waals surface area contributed by atoms with E-state index in [4.69, 9.17) is 4.74 Å². The number of hydrogen-bond donors (Lipinski definition) is 0. The fourth-order valence-electron chi connectivity index (χ4n) is 0.654. The number of hydrogen-bond acceptors (Lipinski definition) is 2. The van der Waals surface area contributed by atoms with Crippen molar-refractivity contribution >= 4 is 22.6 Å². The zero-order chi connectivity index (χ0) is 8.10. The zero-order valence-electron chi connectivity index (χ0n) is 6.38. The molecule has 0 aromatic carbocycles. The van der Waals surface area contributed by atoms with Gasteiger partial charge in [0.15, 0.2) is 0 Å². The Morgan fingerprint density at radius 1 is 1.55 bits per heavy atom. The van der Waals surface area contributed by atoms with E-state index in [1.165, 1.54) is 0 Å². The smallest absolute Gasteiger partial charge is 0.213 e. The van der Waals surface area contributed by atoms with Crippen molar-refractivity contribution in [3.8, 4) is 5.88 Å². The van der Waals surface area contributed by atoms with E-state index in [0.29, 0.717) is 5.88 Å². The normalized spacial score (nSPS) is 9.64. The molecule has 1 aromatic rings. The Morgan fingerprint density at radius 2 is 2.36 bits per heavy atom. The molecule has 0 saturated heterocycles. The van der Waals surface area contributed by atoms with Gasteiger partial charge in [-0.3, -0.25) is 0 Å². The Hall–Kier alpha value is -0.320. The SMILES string of the molecule is CCCOc1ccc(I)cn1. The first-order valence-electron chi connectivity index (χ1n) is 3.57. The standard InChI is InChI=1S/C8H10INO/c1-2-5-11-8-4-3-7(9)6-10-8/h3-4,6H,2,5H2,1H3. The molecule has 0 bridgehead atoms. The second-order valence-electron chi connectivity index (χ2n) is 2.16. The highest BCUT2D eigenvalue weighted by molar-refractivity contribution is 14.1. The molecule has 0 N–H and O–H groups in total. The van der Waals surface area contributed by atoms with E-state index in [2.05, 4.69) is 34.5 Å². The molecule has 0 aliphatic heterocycles. The average Bonchev–Trinajstić information content (AvgIpc) is 2.04. The lowest BCUT2D eigenvalue weighted by Gasteiger charge is -2.01. The topological polar surface area (TPSA) is 22.1 Å². The average molecular weight is 263 g/mol. The molecule has 60 valence electrons. The van der Waals surface area contributed by atoms with E-state index in [9.17, 15) is 0 Å². The zero-order valence-corrected chi connectivity index (χ0v) is 8.54. The van der Waals surface area contributed by atoms with Gasteiger partial charge < -0.3 is 4.74 Å². The maximum absolute atomic E-state index is 5.30. The van der Waals surface area contributed by atoms with Gasteiger partial charge in [0, 0.05) is 15.8 Å². The molecule has 3 heteroatoms. The van der Waals surface area contributed by atoms with Crippen LogP contribution in [0.1, 0.15) is 13.3 Å². The number of pyridine rings is 1. The minimum atomic E-state index is 0.715. The maximum Gasteiger partial charge on any atom is 0.213 e. The van der Waals surface area contributed by atoms with E-state index in [1.54, 1.807) is 6.20 Å². The molecular weight excluding hydrogens is 253 g/mol. The van der Waals surface area contributed by atoms with E-state index >= 15 is 0 Å². The van der Waals surface area contributed by atoms with Crippen molar-refractivity contribution in [1.29, 1.82) is 0 Å². The summed E-state index contributed by atoms with van der Waals surface area (Å²) in [6.45, 7) is 2.82. The van der Waals surface area contributed by atoms with Crippen molar-refractivity contribution in [3.63, 3.8) is 0 Å². The number of ether oxygens (including phenoxy) is 1. The highest BCUT2D eigenvalue weighted by Crippen LogP contribution is 2.08. The molecule has 11 heavy (non-hydrogen) atoms. The molecule has 0 unspecified atom stereocenters. The van der Waals surface area contributed by atoms with Gasteiger partial charge in [0.1, 0.15) is 0 Å². The lowest BCUT2D eigenvalue weighted by Crippen LogP contribution is -1.96. The summed E-state index contributed by atoms with van der Waals surface area (Å²) < 4.78 is 6.43. The second kappa shape index (κ2) is 4.54. The molecule has 1 aromatic heterocycles. The Bertz CT molecular complexity index is 210. The van der Waals surface area contributed by atoms with Crippen LogP contribution < -0.4 is 4.74 Å². The molecule has 1 rings (SSSR count). The first-order chi connectivity index (χ1) is 5.33. The highest BCUT2D eigenvalue weighted by Gasteiger charge is 1.92. The van der Waals surface area contributed by atoms with Crippen LogP contribution in [-0.4, -0.2) is 11.6 Å². The van der Waals surface area contributed by atoms with Crippen molar-refractivity contribution in [1.82, 2.24) is 4.98 Å². The summed E-state index contributed by atoms with van der Waals surface area (Å²) in [5.41, 5.74) is 0. The lowest BCUT2D eigenvalue weighted by molar-refractivity contribution is 0.305. The summed E-state index contributed by atoms with van der Waals surface area (Å²) in [6, 6.07) is 3.87. The molecule has 0 fully saturated rings. The van der Waals surface area contributed by atoms with Gasteiger partial charge in [-0.25, -0.2) is 4.98 Å². The third-order valence-electron chi connectivity index (χ3n) is 1.15. The number of halogens is 1. The van der Waals surface area contributed by atoms with Crippen LogP contribution in [0, 0.1) is 3.57 Å². The molecule has 0 atom stereocenters. The van der Waals surface area contributed by atoms with E-state index < -0.39 is 0 Å². The minimum Gasteiger partial charge on any atom is -0.478 e. The van der Waals surface area contributed by atoms with Crippen molar-refractivity contribution in [2.75, 3.05) is 6.61 Å².